The lowest BCUT2D eigenvalue weighted by Crippen LogP contribution is -2.16. The Morgan fingerprint density at radius 3 is 2.82 bits per heavy atom. The van der Waals surface area contributed by atoms with Crippen molar-refractivity contribution in [3.63, 3.8) is 0 Å². The van der Waals surface area contributed by atoms with Crippen molar-refractivity contribution < 1.29 is 13.9 Å². The fourth-order valence-electron chi connectivity index (χ4n) is 2.61. The van der Waals surface area contributed by atoms with Crippen molar-refractivity contribution in [3.8, 4) is 5.75 Å². The molecular formula is C16H16BrFN2O2. The van der Waals surface area contributed by atoms with E-state index in [2.05, 4.69) is 21.0 Å². The normalized spacial score (nSPS) is 21.3. The lowest BCUT2D eigenvalue weighted by Gasteiger charge is -2.07. The van der Waals surface area contributed by atoms with Crippen LogP contribution in [0.3, 0.4) is 0 Å². The number of benzene rings is 1. The molecule has 0 N–H and O–H groups in total. The molecular weight excluding hydrogens is 351 g/mol. The molecule has 22 heavy (non-hydrogen) atoms. The Morgan fingerprint density at radius 1 is 1.41 bits per heavy atom. The summed E-state index contributed by atoms with van der Waals surface area (Å²) in [5.41, 5.74) is 2.11. The Morgan fingerprint density at radius 2 is 2.14 bits per heavy atom. The molecule has 0 fully saturated rings. The van der Waals surface area contributed by atoms with Crippen LogP contribution in [0, 0.1) is 0 Å². The van der Waals surface area contributed by atoms with E-state index in [4.69, 9.17) is 4.74 Å². The van der Waals surface area contributed by atoms with Crippen LogP contribution < -0.4 is 4.74 Å². The molecule has 1 aromatic heterocycles. The topological polar surface area (TPSA) is 44.1 Å². The average molecular weight is 367 g/mol. The van der Waals surface area contributed by atoms with E-state index in [9.17, 15) is 9.18 Å². The number of halogens is 2. The first-order valence-corrected chi connectivity index (χ1v) is 8.00. The van der Waals surface area contributed by atoms with Crippen LogP contribution in [-0.2, 0) is 13.0 Å². The summed E-state index contributed by atoms with van der Waals surface area (Å²) in [5, 5.41) is 4.39. The van der Waals surface area contributed by atoms with Crippen molar-refractivity contribution in [3.05, 3.63) is 47.3 Å². The molecule has 0 bridgehead atoms. The van der Waals surface area contributed by atoms with Crippen molar-refractivity contribution in [1.29, 1.82) is 0 Å². The highest BCUT2D eigenvalue weighted by atomic mass is 79.9. The molecule has 1 aliphatic rings. The van der Waals surface area contributed by atoms with Gasteiger partial charge in [-0.1, -0.05) is 28.1 Å². The second kappa shape index (κ2) is 6.20. The predicted molar refractivity (Wildman–Crippen MR) is 84.6 cm³/mol. The maximum atomic E-state index is 13.8. The number of Topliss-reactive ketones (excluding diaryl/α,β-unsaturated/α-hetero) is 1. The molecule has 0 amide bonds. The second-order valence-electron chi connectivity index (χ2n) is 5.40. The molecule has 0 spiro atoms. The molecule has 2 unspecified atom stereocenters. The summed E-state index contributed by atoms with van der Waals surface area (Å²) in [5.74, 6) is 0.703. The van der Waals surface area contributed by atoms with Gasteiger partial charge >= 0.3 is 0 Å². The van der Waals surface area contributed by atoms with E-state index in [1.807, 2.05) is 24.3 Å². The minimum Gasteiger partial charge on any atom is -0.497 e. The van der Waals surface area contributed by atoms with Gasteiger partial charge in [-0.2, -0.15) is 5.10 Å². The Bertz CT molecular complexity index is 684. The third-order valence-corrected chi connectivity index (χ3v) is 4.56. The quantitative estimate of drug-likeness (QED) is 0.618. The van der Waals surface area contributed by atoms with E-state index in [0.717, 1.165) is 11.3 Å². The van der Waals surface area contributed by atoms with Gasteiger partial charge in [-0.05, 0) is 24.1 Å². The Kier molecular flexibility index (Phi) is 4.29. The number of carbonyl (C=O) groups excluding carboxylic acids is 1. The smallest absolute Gasteiger partial charge is 0.180 e. The summed E-state index contributed by atoms with van der Waals surface area (Å²) in [6, 6.07) is 7.64. The van der Waals surface area contributed by atoms with Gasteiger partial charge in [0, 0.05) is 12.6 Å². The number of fused-ring (bicyclic) bond motifs is 1. The summed E-state index contributed by atoms with van der Waals surface area (Å²) in [4.78, 5) is 11.8. The maximum Gasteiger partial charge on any atom is 0.180 e. The summed E-state index contributed by atoms with van der Waals surface area (Å²) in [6.07, 6.45) is 1.07. The highest BCUT2D eigenvalue weighted by Gasteiger charge is 2.30. The van der Waals surface area contributed by atoms with Gasteiger partial charge in [-0.15, -0.1) is 0 Å². The van der Waals surface area contributed by atoms with Crippen LogP contribution >= 0.6 is 15.9 Å². The lowest BCUT2D eigenvalue weighted by molar-refractivity contribution is 0.0984. The number of carbonyl (C=O) groups is 1. The first-order valence-electron chi connectivity index (χ1n) is 7.08. The zero-order valence-electron chi connectivity index (χ0n) is 12.1. The van der Waals surface area contributed by atoms with Gasteiger partial charge in [0.15, 0.2) is 5.78 Å². The van der Waals surface area contributed by atoms with Gasteiger partial charge in [0.1, 0.15) is 11.9 Å². The number of rotatable bonds is 3. The number of hydrogen-bond acceptors (Lipinski definition) is 3. The minimum absolute atomic E-state index is 0.0869. The maximum absolute atomic E-state index is 13.8. The molecule has 6 heteroatoms. The predicted octanol–water partition coefficient (Wildman–Crippen LogP) is 3.17. The number of nitrogens with zero attached hydrogens (tertiary/aromatic N) is 2. The first kappa shape index (κ1) is 15.2. The van der Waals surface area contributed by atoms with Gasteiger partial charge in [0.25, 0.3) is 0 Å². The standard InChI is InChI=1S/C16H16BrFN2O2/c1-22-12-4-2-10(3-5-12)8-20-9-13-15(19-20)7-11(18)6-14(17)16(13)21/h2-5,9,11,14H,6-8H2,1H3. The van der Waals surface area contributed by atoms with Crippen molar-refractivity contribution in [2.45, 2.75) is 30.4 Å². The Hall–Kier alpha value is -1.69. The third kappa shape index (κ3) is 3.06. The van der Waals surface area contributed by atoms with E-state index >= 15 is 0 Å². The van der Waals surface area contributed by atoms with Crippen LogP contribution in [0.15, 0.2) is 30.5 Å². The molecule has 2 atom stereocenters. The highest BCUT2D eigenvalue weighted by Crippen LogP contribution is 2.26. The van der Waals surface area contributed by atoms with Crippen LogP contribution in [0.4, 0.5) is 4.39 Å². The number of ketones is 1. The number of ether oxygens (including phenoxy) is 1. The fourth-order valence-corrected chi connectivity index (χ4v) is 3.26. The molecule has 0 saturated carbocycles. The zero-order valence-corrected chi connectivity index (χ0v) is 13.7. The van der Waals surface area contributed by atoms with Crippen LogP contribution in [0.25, 0.3) is 0 Å². The van der Waals surface area contributed by atoms with Crippen molar-refractivity contribution in [2.24, 2.45) is 0 Å². The van der Waals surface area contributed by atoms with Gasteiger partial charge in [0.2, 0.25) is 0 Å². The van der Waals surface area contributed by atoms with Crippen LogP contribution in [-0.4, -0.2) is 33.7 Å². The first-order chi connectivity index (χ1) is 10.6. The average Bonchev–Trinajstić information content (AvgIpc) is 2.85. The fraction of sp³-hybridized carbons (Fsp3) is 0.375. The molecule has 1 heterocycles. The van der Waals surface area contributed by atoms with Crippen LogP contribution in [0.2, 0.25) is 0 Å². The minimum atomic E-state index is -1.04. The van der Waals surface area contributed by atoms with Crippen molar-refractivity contribution in [1.82, 2.24) is 9.78 Å². The third-order valence-electron chi connectivity index (χ3n) is 3.77. The molecule has 4 nitrogen and oxygen atoms in total. The monoisotopic (exact) mass is 366 g/mol. The van der Waals surface area contributed by atoms with E-state index in [-0.39, 0.29) is 18.6 Å². The van der Waals surface area contributed by atoms with Crippen molar-refractivity contribution >= 4 is 21.7 Å². The molecule has 116 valence electrons. The number of alkyl halides is 2. The summed E-state index contributed by atoms with van der Waals surface area (Å²) in [7, 11) is 1.62. The number of hydrogen-bond donors (Lipinski definition) is 0. The summed E-state index contributed by atoms with van der Waals surface area (Å²) >= 11 is 3.27. The largest absolute Gasteiger partial charge is 0.497 e. The van der Waals surface area contributed by atoms with Crippen LogP contribution in [0.5, 0.6) is 5.75 Å². The molecule has 3 rings (SSSR count). The zero-order chi connectivity index (χ0) is 15.7. The van der Waals surface area contributed by atoms with E-state index < -0.39 is 11.0 Å². The number of methoxy groups -OCH3 is 1. The molecule has 1 aliphatic carbocycles. The molecule has 0 saturated heterocycles. The van der Waals surface area contributed by atoms with Gasteiger partial charge in [0.05, 0.1) is 29.7 Å². The lowest BCUT2D eigenvalue weighted by atomic mass is 10.1. The molecule has 0 radical (unpaired) electrons. The summed E-state index contributed by atoms with van der Waals surface area (Å²) < 4.78 is 20.6. The molecule has 2 aromatic rings. The SMILES string of the molecule is COc1ccc(Cn2cc3c(n2)CC(F)CC(Br)C3=O)cc1. The van der Waals surface area contributed by atoms with Gasteiger partial charge in [-0.25, -0.2) is 4.39 Å². The second-order valence-corrected chi connectivity index (χ2v) is 6.51. The summed E-state index contributed by atoms with van der Waals surface area (Å²) in [6.45, 7) is 0.536. The highest BCUT2D eigenvalue weighted by molar-refractivity contribution is 9.10. The van der Waals surface area contributed by atoms with E-state index in [1.54, 1.807) is 18.0 Å². The van der Waals surface area contributed by atoms with Crippen LogP contribution in [0.1, 0.15) is 28.0 Å². The molecule has 1 aromatic carbocycles. The van der Waals surface area contributed by atoms with E-state index in [0.29, 0.717) is 17.8 Å². The van der Waals surface area contributed by atoms with E-state index in [1.165, 1.54) is 0 Å². The number of aromatic nitrogens is 2. The molecule has 0 aliphatic heterocycles. The Balaban J connectivity index is 1.84. The van der Waals surface area contributed by atoms with Gasteiger partial charge < -0.3 is 4.74 Å². The Labute approximate surface area is 136 Å². The van der Waals surface area contributed by atoms with Crippen molar-refractivity contribution in [2.75, 3.05) is 7.11 Å². The van der Waals surface area contributed by atoms with Gasteiger partial charge in [-0.3, -0.25) is 9.48 Å².